The van der Waals surface area contributed by atoms with Crippen molar-refractivity contribution in [1.29, 1.82) is 0 Å². The minimum Gasteiger partial charge on any atom is -0.337 e. The van der Waals surface area contributed by atoms with Gasteiger partial charge in [0.15, 0.2) is 0 Å². The summed E-state index contributed by atoms with van der Waals surface area (Å²) in [5.41, 5.74) is 2.30. The quantitative estimate of drug-likeness (QED) is 0.914. The minimum atomic E-state index is -0.0789. The Labute approximate surface area is 123 Å². The zero-order valence-electron chi connectivity index (χ0n) is 10.5. The highest BCUT2D eigenvalue weighted by Gasteiger charge is 2.27. The third kappa shape index (κ3) is 2.47. The summed E-state index contributed by atoms with van der Waals surface area (Å²) in [5, 5.41) is 7.03. The topological polar surface area (TPSA) is 49.0 Å². The number of thiophene rings is 1. The van der Waals surface area contributed by atoms with Crippen LogP contribution in [0.2, 0.25) is 0 Å². The first-order valence-corrected chi connectivity index (χ1v) is 7.81. The number of aromatic nitrogens is 2. The fourth-order valence-electron chi connectivity index (χ4n) is 2.37. The van der Waals surface area contributed by atoms with Gasteiger partial charge in [-0.25, -0.2) is 0 Å². The molecule has 1 amide bonds. The number of nitrogens with zero attached hydrogens (tertiary/aromatic N) is 2. The van der Waals surface area contributed by atoms with E-state index in [1.807, 2.05) is 30.2 Å². The third-order valence-corrected chi connectivity index (χ3v) is 5.31. The van der Waals surface area contributed by atoms with E-state index in [0.29, 0.717) is 6.54 Å². The van der Waals surface area contributed by atoms with Crippen molar-refractivity contribution in [2.24, 2.45) is 0 Å². The molecule has 100 valence electrons. The molecule has 0 spiro atoms. The zero-order chi connectivity index (χ0) is 13.4. The van der Waals surface area contributed by atoms with Crippen molar-refractivity contribution >= 4 is 33.2 Å². The van der Waals surface area contributed by atoms with E-state index in [9.17, 15) is 4.79 Å². The zero-order valence-corrected chi connectivity index (χ0v) is 12.9. The lowest BCUT2D eigenvalue weighted by molar-refractivity contribution is -0.133. The third-order valence-electron chi connectivity index (χ3n) is 3.50. The predicted octanol–water partition coefficient (Wildman–Crippen LogP) is 2.92. The molecular formula is C13H14BrN3OS. The van der Waals surface area contributed by atoms with Gasteiger partial charge in [0, 0.05) is 35.6 Å². The van der Waals surface area contributed by atoms with E-state index in [1.54, 1.807) is 11.3 Å². The van der Waals surface area contributed by atoms with E-state index in [2.05, 4.69) is 26.1 Å². The van der Waals surface area contributed by atoms with Crippen molar-refractivity contribution in [2.75, 3.05) is 6.54 Å². The van der Waals surface area contributed by atoms with E-state index in [4.69, 9.17) is 0 Å². The van der Waals surface area contributed by atoms with Gasteiger partial charge in [-0.05, 0) is 35.0 Å². The van der Waals surface area contributed by atoms with Crippen LogP contribution in [-0.2, 0) is 17.8 Å². The highest BCUT2D eigenvalue weighted by atomic mass is 79.9. The molecule has 2 aromatic rings. The summed E-state index contributed by atoms with van der Waals surface area (Å²) < 4.78 is 1.07. The molecule has 0 aromatic carbocycles. The molecule has 0 saturated carbocycles. The Hall–Kier alpha value is -1.14. The van der Waals surface area contributed by atoms with Crippen LogP contribution in [0.5, 0.6) is 0 Å². The van der Waals surface area contributed by atoms with Crippen LogP contribution in [0.3, 0.4) is 0 Å². The summed E-state index contributed by atoms with van der Waals surface area (Å²) in [4.78, 5) is 15.6. The van der Waals surface area contributed by atoms with Gasteiger partial charge in [-0.1, -0.05) is 0 Å². The Bertz CT molecular complexity index is 607. The van der Waals surface area contributed by atoms with E-state index in [1.165, 1.54) is 0 Å². The van der Waals surface area contributed by atoms with E-state index >= 15 is 0 Å². The van der Waals surface area contributed by atoms with Crippen molar-refractivity contribution in [2.45, 2.75) is 25.8 Å². The first-order valence-electron chi connectivity index (χ1n) is 6.20. The van der Waals surface area contributed by atoms with Crippen molar-refractivity contribution in [3.63, 3.8) is 0 Å². The lowest BCUT2D eigenvalue weighted by Gasteiger charge is -2.28. The lowest BCUT2D eigenvalue weighted by Crippen LogP contribution is -2.38. The van der Waals surface area contributed by atoms with Gasteiger partial charge in [-0.2, -0.15) is 5.10 Å². The number of halogens is 1. The standard InChI is InChI=1S/C13H14BrN3OS/c1-8(11-2-3-12(14)19-11)13(18)17-5-4-10-9(7-17)6-15-16-10/h2-3,6,8H,4-5,7H2,1H3,(H,15,16)/t8-/m1/s1. The fraction of sp³-hybridized carbons (Fsp3) is 0.385. The smallest absolute Gasteiger partial charge is 0.230 e. The number of carbonyl (C=O) groups excluding carboxylic acids is 1. The lowest BCUT2D eigenvalue weighted by atomic mass is 10.0. The summed E-state index contributed by atoms with van der Waals surface area (Å²) >= 11 is 5.07. The van der Waals surface area contributed by atoms with Crippen molar-refractivity contribution in [3.05, 3.63) is 38.3 Å². The molecule has 4 nitrogen and oxygen atoms in total. The van der Waals surface area contributed by atoms with Crippen molar-refractivity contribution in [3.8, 4) is 0 Å². The maximum absolute atomic E-state index is 12.5. The molecule has 0 radical (unpaired) electrons. The fourth-order valence-corrected chi connectivity index (χ4v) is 3.83. The number of H-pyrrole nitrogens is 1. The first-order chi connectivity index (χ1) is 9.15. The largest absolute Gasteiger partial charge is 0.337 e. The molecule has 1 aliphatic rings. The molecule has 1 aliphatic heterocycles. The number of fused-ring (bicyclic) bond motifs is 1. The average molecular weight is 340 g/mol. The molecular weight excluding hydrogens is 326 g/mol. The van der Waals surface area contributed by atoms with Gasteiger partial charge in [-0.3, -0.25) is 9.89 Å². The second-order valence-electron chi connectivity index (χ2n) is 4.75. The SMILES string of the molecule is C[C@@H](C(=O)N1CCc2[nH]ncc2C1)c1ccc(Br)s1. The average Bonchev–Trinajstić information content (AvgIpc) is 3.04. The molecule has 3 heterocycles. The van der Waals surface area contributed by atoms with Gasteiger partial charge in [0.1, 0.15) is 0 Å². The monoisotopic (exact) mass is 339 g/mol. The van der Waals surface area contributed by atoms with Crippen LogP contribution in [0.25, 0.3) is 0 Å². The molecule has 0 aliphatic carbocycles. The summed E-state index contributed by atoms with van der Waals surface area (Å²) in [6.07, 6.45) is 2.68. The van der Waals surface area contributed by atoms with E-state index < -0.39 is 0 Å². The van der Waals surface area contributed by atoms with Crippen molar-refractivity contribution < 1.29 is 4.79 Å². The van der Waals surface area contributed by atoms with Crippen LogP contribution < -0.4 is 0 Å². The van der Waals surface area contributed by atoms with Crippen LogP contribution in [0.4, 0.5) is 0 Å². The number of nitrogens with one attached hydrogen (secondary N) is 1. The first kappa shape index (κ1) is 12.9. The summed E-state index contributed by atoms with van der Waals surface area (Å²) in [5.74, 6) is 0.117. The number of hydrogen-bond acceptors (Lipinski definition) is 3. The Kier molecular flexibility index (Phi) is 3.45. The molecule has 19 heavy (non-hydrogen) atoms. The number of aromatic amines is 1. The summed E-state index contributed by atoms with van der Waals surface area (Å²) in [6.45, 7) is 3.41. The van der Waals surface area contributed by atoms with Gasteiger partial charge < -0.3 is 4.90 Å². The van der Waals surface area contributed by atoms with Gasteiger partial charge in [0.25, 0.3) is 0 Å². The van der Waals surface area contributed by atoms with Crippen LogP contribution in [0.15, 0.2) is 22.1 Å². The maximum atomic E-state index is 12.5. The van der Waals surface area contributed by atoms with Gasteiger partial charge in [0.05, 0.1) is 15.9 Å². The van der Waals surface area contributed by atoms with Gasteiger partial charge in [-0.15, -0.1) is 11.3 Å². The Morgan fingerprint density at radius 2 is 2.42 bits per heavy atom. The molecule has 0 fully saturated rings. The Morgan fingerprint density at radius 1 is 1.58 bits per heavy atom. The summed E-state index contributed by atoms with van der Waals surface area (Å²) in [7, 11) is 0. The number of carbonyl (C=O) groups is 1. The van der Waals surface area contributed by atoms with Crippen molar-refractivity contribution in [1.82, 2.24) is 15.1 Å². The minimum absolute atomic E-state index is 0.0789. The Morgan fingerprint density at radius 3 is 3.16 bits per heavy atom. The molecule has 6 heteroatoms. The molecule has 1 N–H and O–H groups in total. The van der Waals surface area contributed by atoms with Crippen LogP contribution in [0, 0.1) is 0 Å². The molecule has 3 rings (SSSR count). The second kappa shape index (κ2) is 5.09. The predicted molar refractivity (Wildman–Crippen MR) is 78.1 cm³/mol. The highest BCUT2D eigenvalue weighted by Crippen LogP contribution is 2.30. The molecule has 0 bridgehead atoms. The number of rotatable bonds is 2. The summed E-state index contributed by atoms with van der Waals surface area (Å²) in [6, 6.07) is 4.01. The number of amides is 1. The maximum Gasteiger partial charge on any atom is 0.230 e. The molecule has 0 saturated heterocycles. The van der Waals surface area contributed by atoms with Gasteiger partial charge in [0.2, 0.25) is 5.91 Å². The highest BCUT2D eigenvalue weighted by molar-refractivity contribution is 9.11. The number of hydrogen-bond donors (Lipinski definition) is 1. The Balaban J connectivity index is 1.75. The second-order valence-corrected chi connectivity index (χ2v) is 7.24. The molecule has 2 aromatic heterocycles. The normalized spacial score (nSPS) is 16.2. The van der Waals surface area contributed by atoms with Gasteiger partial charge >= 0.3 is 0 Å². The van der Waals surface area contributed by atoms with Crippen LogP contribution in [-0.4, -0.2) is 27.5 Å². The molecule has 1 atom stereocenters. The van der Waals surface area contributed by atoms with E-state index in [-0.39, 0.29) is 11.8 Å². The molecule has 0 unspecified atom stereocenters. The van der Waals surface area contributed by atoms with Crippen LogP contribution >= 0.6 is 27.3 Å². The van der Waals surface area contributed by atoms with E-state index in [0.717, 1.165) is 32.9 Å². The van der Waals surface area contributed by atoms with Crippen LogP contribution in [0.1, 0.15) is 29.0 Å².